The molecule has 60 valence electrons. The van der Waals surface area contributed by atoms with E-state index in [2.05, 4.69) is 12.2 Å². The number of hydrogen-bond acceptors (Lipinski definition) is 1. The van der Waals surface area contributed by atoms with Crippen LogP contribution in [0.3, 0.4) is 0 Å². The lowest BCUT2D eigenvalue weighted by Gasteiger charge is -2.19. The van der Waals surface area contributed by atoms with Gasteiger partial charge in [-0.05, 0) is 19.3 Å². The summed E-state index contributed by atoms with van der Waals surface area (Å²) in [5, 5.41) is 0. The predicted molar refractivity (Wildman–Crippen MR) is 43.1 cm³/mol. The molecule has 2 aliphatic heterocycles. The molecule has 0 aromatic heterocycles. The minimum atomic E-state index is 0.345. The summed E-state index contributed by atoms with van der Waals surface area (Å²) in [6.45, 7) is 0.980. The summed E-state index contributed by atoms with van der Waals surface area (Å²) < 4.78 is 0. The van der Waals surface area contributed by atoms with Crippen molar-refractivity contribution >= 4 is 5.91 Å². The van der Waals surface area contributed by atoms with Crippen LogP contribution in [0.15, 0.2) is 12.2 Å². The third-order valence-electron chi connectivity index (χ3n) is 2.50. The number of rotatable bonds is 0. The Balaban J connectivity index is 2.17. The highest BCUT2D eigenvalue weighted by atomic mass is 16.2. The van der Waals surface area contributed by atoms with E-state index in [9.17, 15) is 4.79 Å². The van der Waals surface area contributed by atoms with Gasteiger partial charge in [0.1, 0.15) is 0 Å². The van der Waals surface area contributed by atoms with Gasteiger partial charge in [0.05, 0.1) is 6.04 Å². The molecule has 2 heterocycles. The van der Waals surface area contributed by atoms with Gasteiger partial charge < -0.3 is 4.90 Å². The van der Waals surface area contributed by atoms with E-state index >= 15 is 0 Å². The lowest BCUT2D eigenvalue weighted by molar-refractivity contribution is -0.130. The first-order chi connectivity index (χ1) is 5.38. The molecule has 0 aromatic rings. The van der Waals surface area contributed by atoms with Crippen LogP contribution in [-0.4, -0.2) is 23.4 Å². The largest absolute Gasteiger partial charge is 0.336 e. The highest BCUT2D eigenvalue weighted by Crippen LogP contribution is 2.22. The molecule has 0 radical (unpaired) electrons. The molecule has 0 aromatic carbocycles. The second-order valence-corrected chi connectivity index (χ2v) is 3.26. The van der Waals surface area contributed by atoms with Crippen molar-refractivity contribution in [2.24, 2.45) is 0 Å². The van der Waals surface area contributed by atoms with E-state index in [4.69, 9.17) is 0 Å². The molecule has 1 atom stereocenters. The Labute approximate surface area is 66.9 Å². The SMILES string of the molecule is O=C1CCC=C[C@@H]2CCCN12. The Morgan fingerprint density at radius 3 is 3.36 bits per heavy atom. The predicted octanol–water partition coefficient (Wildman–Crippen LogP) is 1.33. The normalized spacial score (nSPS) is 30.4. The molecule has 0 saturated carbocycles. The summed E-state index contributed by atoms with van der Waals surface area (Å²) in [6, 6.07) is 0.435. The molecule has 2 heteroatoms. The average Bonchev–Trinajstić information content (AvgIpc) is 2.40. The lowest BCUT2D eigenvalue weighted by atomic mass is 10.2. The molecule has 0 aliphatic carbocycles. The molecule has 1 amide bonds. The van der Waals surface area contributed by atoms with Crippen molar-refractivity contribution in [2.75, 3.05) is 6.54 Å². The quantitative estimate of drug-likeness (QED) is 0.478. The summed E-state index contributed by atoms with van der Waals surface area (Å²) in [6.07, 6.45) is 8.34. The number of allylic oxidation sites excluding steroid dienone is 1. The second kappa shape index (κ2) is 2.68. The maximum atomic E-state index is 11.4. The Kier molecular flexibility index (Phi) is 1.68. The zero-order valence-corrected chi connectivity index (χ0v) is 6.62. The summed E-state index contributed by atoms with van der Waals surface area (Å²) in [7, 11) is 0. The molecular formula is C9H13NO. The summed E-state index contributed by atoms with van der Waals surface area (Å²) in [5.41, 5.74) is 0. The van der Waals surface area contributed by atoms with Gasteiger partial charge in [-0.15, -0.1) is 0 Å². The van der Waals surface area contributed by atoms with Crippen LogP contribution in [0.2, 0.25) is 0 Å². The van der Waals surface area contributed by atoms with E-state index in [1.54, 1.807) is 0 Å². The van der Waals surface area contributed by atoms with Crippen molar-refractivity contribution in [1.29, 1.82) is 0 Å². The van der Waals surface area contributed by atoms with Gasteiger partial charge in [-0.25, -0.2) is 0 Å². The van der Waals surface area contributed by atoms with Crippen molar-refractivity contribution in [2.45, 2.75) is 31.7 Å². The van der Waals surface area contributed by atoms with E-state index in [-0.39, 0.29) is 0 Å². The Morgan fingerprint density at radius 2 is 2.45 bits per heavy atom. The number of nitrogens with zero attached hydrogens (tertiary/aromatic N) is 1. The van der Waals surface area contributed by atoms with Gasteiger partial charge >= 0.3 is 0 Å². The number of carbonyl (C=O) groups excluding carboxylic acids is 1. The molecular weight excluding hydrogens is 138 g/mol. The van der Waals surface area contributed by atoms with E-state index in [0.717, 1.165) is 13.0 Å². The average molecular weight is 151 g/mol. The van der Waals surface area contributed by atoms with Gasteiger partial charge in [0.15, 0.2) is 0 Å². The second-order valence-electron chi connectivity index (χ2n) is 3.26. The van der Waals surface area contributed by atoms with Gasteiger partial charge in [-0.3, -0.25) is 4.79 Å². The van der Waals surface area contributed by atoms with Crippen LogP contribution < -0.4 is 0 Å². The molecule has 2 rings (SSSR count). The van der Waals surface area contributed by atoms with Crippen LogP contribution in [0.25, 0.3) is 0 Å². The molecule has 2 nitrogen and oxygen atoms in total. The fourth-order valence-electron chi connectivity index (χ4n) is 1.91. The summed E-state index contributed by atoms with van der Waals surface area (Å²) >= 11 is 0. The van der Waals surface area contributed by atoms with Crippen molar-refractivity contribution in [1.82, 2.24) is 4.90 Å². The van der Waals surface area contributed by atoms with Gasteiger partial charge in [0.2, 0.25) is 5.91 Å². The number of amides is 1. The Morgan fingerprint density at radius 1 is 1.55 bits per heavy atom. The van der Waals surface area contributed by atoms with E-state index in [1.165, 1.54) is 12.8 Å². The first-order valence-corrected chi connectivity index (χ1v) is 4.34. The summed E-state index contributed by atoms with van der Waals surface area (Å²) in [4.78, 5) is 13.4. The Bertz CT molecular complexity index is 198. The van der Waals surface area contributed by atoms with Crippen molar-refractivity contribution in [3.05, 3.63) is 12.2 Å². The highest BCUT2D eigenvalue weighted by molar-refractivity contribution is 5.77. The van der Waals surface area contributed by atoms with Gasteiger partial charge in [-0.2, -0.15) is 0 Å². The van der Waals surface area contributed by atoms with Crippen LogP contribution in [-0.2, 0) is 4.79 Å². The fourth-order valence-corrected chi connectivity index (χ4v) is 1.91. The topological polar surface area (TPSA) is 20.3 Å². The third kappa shape index (κ3) is 1.17. The number of fused-ring (bicyclic) bond motifs is 1. The maximum absolute atomic E-state index is 11.4. The third-order valence-corrected chi connectivity index (χ3v) is 2.50. The van der Waals surface area contributed by atoms with E-state index in [1.807, 2.05) is 4.90 Å². The maximum Gasteiger partial charge on any atom is 0.223 e. The van der Waals surface area contributed by atoms with Crippen molar-refractivity contribution in [3.63, 3.8) is 0 Å². The minimum Gasteiger partial charge on any atom is -0.336 e. The first kappa shape index (κ1) is 6.89. The summed E-state index contributed by atoms with van der Waals surface area (Å²) in [5.74, 6) is 0.345. The first-order valence-electron chi connectivity index (χ1n) is 4.34. The molecule has 0 unspecified atom stereocenters. The van der Waals surface area contributed by atoms with Crippen LogP contribution in [0.5, 0.6) is 0 Å². The molecule has 0 bridgehead atoms. The molecule has 1 fully saturated rings. The monoisotopic (exact) mass is 151 g/mol. The van der Waals surface area contributed by atoms with Crippen molar-refractivity contribution in [3.8, 4) is 0 Å². The number of hydrogen-bond donors (Lipinski definition) is 0. The molecule has 0 N–H and O–H groups in total. The van der Waals surface area contributed by atoms with Crippen molar-refractivity contribution < 1.29 is 4.79 Å². The molecule has 1 saturated heterocycles. The number of carbonyl (C=O) groups is 1. The van der Waals surface area contributed by atoms with Crippen LogP contribution in [0.1, 0.15) is 25.7 Å². The zero-order chi connectivity index (χ0) is 7.68. The molecule has 2 aliphatic rings. The van der Waals surface area contributed by atoms with Crippen LogP contribution >= 0.6 is 0 Å². The molecule has 11 heavy (non-hydrogen) atoms. The Hall–Kier alpha value is -0.790. The fraction of sp³-hybridized carbons (Fsp3) is 0.667. The lowest BCUT2D eigenvalue weighted by Crippen LogP contribution is -2.32. The van der Waals surface area contributed by atoms with Gasteiger partial charge in [0, 0.05) is 13.0 Å². The highest BCUT2D eigenvalue weighted by Gasteiger charge is 2.27. The smallest absolute Gasteiger partial charge is 0.223 e. The van der Waals surface area contributed by atoms with E-state index in [0.29, 0.717) is 18.4 Å². The minimum absolute atomic E-state index is 0.345. The van der Waals surface area contributed by atoms with E-state index < -0.39 is 0 Å². The molecule has 0 spiro atoms. The van der Waals surface area contributed by atoms with Gasteiger partial charge in [-0.1, -0.05) is 12.2 Å². The zero-order valence-electron chi connectivity index (χ0n) is 6.62. The van der Waals surface area contributed by atoms with Gasteiger partial charge in [0.25, 0.3) is 0 Å². The standard InChI is InChI=1S/C9H13NO/c11-9-6-2-1-4-8-5-3-7-10(8)9/h1,4,8H,2-3,5-7H2/t8-/m1/s1. The van der Waals surface area contributed by atoms with Crippen LogP contribution in [0.4, 0.5) is 0 Å². The van der Waals surface area contributed by atoms with Crippen LogP contribution in [0, 0.1) is 0 Å².